The number of hydrogen-bond acceptors (Lipinski definition) is 4. The molecule has 1 atom stereocenters. The van der Waals surface area contributed by atoms with E-state index in [1.54, 1.807) is 24.1 Å². The third-order valence-electron chi connectivity index (χ3n) is 3.71. The minimum absolute atomic E-state index is 0.0410. The summed E-state index contributed by atoms with van der Waals surface area (Å²) in [4.78, 5) is 26.1. The molecule has 2 amide bonds. The first kappa shape index (κ1) is 19.0. The summed E-state index contributed by atoms with van der Waals surface area (Å²) in [7, 11) is 1.63. The van der Waals surface area contributed by atoms with Crippen molar-refractivity contribution < 1.29 is 19.1 Å². The molecule has 24 heavy (non-hydrogen) atoms. The van der Waals surface area contributed by atoms with Crippen molar-refractivity contribution in [3.63, 3.8) is 0 Å². The molecular weight excluding hydrogens is 355 g/mol. The number of rotatable bonds is 6. The summed E-state index contributed by atoms with van der Waals surface area (Å²) in [5, 5.41) is 3.28. The quantitative estimate of drug-likeness (QED) is 0.826. The van der Waals surface area contributed by atoms with Crippen LogP contribution in [0, 0.1) is 0 Å². The van der Waals surface area contributed by atoms with Gasteiger partial charge in [0.25, 0.3) is 5.91 Å². The Balaban J connectivity index is 1.86. The van der Waals surface area contributed by atoms with E-state index in [-0.39, 0.29) is 29.1 Å². The Morgan fingerprint density at radius 2 is 2.21 bits per heavy atom. The van der Waals surface area contributed by atoms with Gasteiger partial charge in [-0.05, 0) is 24.6 Å². The van der Waals surface area contributed by atoms with E-state index in [0.717, 1.165) is 6.42 Å². The molecule has 8 heteroatoms. The SMILES string of the molecule is COCC[C@H]1CN(C(=O)CNC(=O)c2cc(Cl)ccc2Cl)CCO1. The van der Waals surface area contributed by atoms with Gasteiger partial charge in [0.1, 0.15) is 0 Å². The molecular formula is C16H20Cl2N2O4. The maximum atomic E-state index is 12.3. The van der Waals surface area contributed by atoms with Crippen molar-refractivity contribution in [3.05, 3.63) is 33.8 Å². The van der Waals surface area contributed by atoms with Gasteiger partial charge in [0.2, 0.25) is 5.91 Å². The zero-order chi connectivity index (χ0) is 17.5. The second-order valence-electron chi connectivity index (χ2n) is 5.42. The monoisotopic (exact) mass is 374 g/mol. The van der Waals surface area contributed by atoms with Crippen LogP contribution in [0.3, 0.4) is 0 Å². The van der Waals surface area contributed by atoms with Crippen LogP contribution in [-0.2, 0) is 14.3 Å². The van der Waals surface area contributed by atoms with E-state index in [9.17, 15) is 9.59 Å². The van der Waals surface area contributed by atoms with E-state index in [4.69, 9.17) is 32.7 Å². The minimum Gasteiger partial charge on any atom is -0.385 e. The second kappa shape index (κ2) is 9.22. The predicted molar refractivity (Wildman–Crippen MR) is 91.6 cm³/mol. The van der Waals surface area contributed by atoms with Crippen molar-refractivity contribution in [2.24, 2.45) is 0 Å². The van der Waals surface area contributed by atoms with Crippen molar-refractivity contribution in [2.75, 3.05) is 40.0 Å². The standard InChI is InChI=1S/C16H20Cl2N2O4/c1-23-6-4-12-10-20(5-7-24-12)15(21)9-19-16(22)13-8-11(17)2-3-14(13)18/h2-3,8,12H,4-7,9-10H2,1H3,(H,19,22)/t12-/m0/s1. The zero-order valence-electron chi connectivity index (χ0n) is 13.4. The molecule has 1 fully saturated rings. The number of halogens is 2. The molecule has 0 unspecified atom stereocenters. The Morgan fingerprint density at radius 1 is 1.42 bits per heavy atom. The number of carbonyl (C=O) groups is 2. The average molecular weight is 375 g/mol. The highest BCUT2D eigenvalue weighted by Gasteiger charge is 2.24. The molecule has 1 aliphatic rings. The Hall–Kier alpha value is -1.34. The lowest BCUT2D eigenvalue weighted by molar-refractivity contribution is -0.138. The molecule has 1 saturated heterocycles. The second-order valence-corrected chi connectivity index (χ2v) is 6.26. The van der Waals surface area contributed by atoms with Crippen LogP contribution in [-0.4, -0.2) is 62.8 Å². The van der Waals surface area contributed by atoms with Crippen LogP contribution >= 0.6 is 23.2 Å². The van der Waals surface area contributed by atoms with Gasteiger partial charge in [-0.1, -0.05) is 23.2 Å². The summed E-state index contributed by atoms with van der Waals surface area (Å²) in [5.41, 5.74) is 0.247. The Kier molecular flexibility index (Phi) is 7.30. The van der Waals surface area contributed by atoms with Crippen LogP contribution in [0.5, 0.6) is 0 Å². The van der Waals surface area contributed by atoms with Crippen LogP contribution < -0.4 is 5.32 Å². The van der Waals surface area contributed by atoms with Gasteiger partial charge in [0.05, 0.1) is 29.8 Å². The summed E-state index contributed by atoms with van der Waals surface area (Å²) in [6.45, 7) is 1.97. The third-order valence-corrected chi connectivity index (χ3v) is 4.27. The first-order valence-electron chi connectivity index (χ1n) is 7.63. The van der Waals surface area contributed by atoms with Crippen LogP contribution in [0.15, 0.2) is 18.2 Å². The maximum Gasteiger partial charge on any atom is 0.253 e. The van der Waals surface area contributed by atoms with Gasteiger partial charge in [0, 0.05) is 31.8 Å². The fourth-order valence-electron chi connectivity index (χ4n) is 2.40. The van der Waals surface area contributed by atoms with E-state index < -0.39 is 5.91 Å². The summed E-state index contributed by atoms with van der Waals surface area (Å²) in [6, 6.07) is 4.61. The van der Waals surface area contributed by atoms with Gasteiger partial charge in [-0.3, -0.25) is 9.59 Å². The highest BCUT2D eigenvalue weighted by molar-refractivity contribution is 6.35. The zero-order valence-corrected chi connectivity index (χ0v) is 14.9. The molecule has 1 heterocycles. The van der Waals surface area contributed by atoms with Gasteiger partial charge in [-0.25, -0.2) is 0 Å². The normalized spacial score (nSPS) is 17.6. The molecule has 1 N–H and O–H groups in total. The van der Waals surface area contributed by atoms with E-state index in [1.807, 2.05) is 0 Å². The summed E-state index contributed by atoms with van der Waals surface area (Å²) >= 11 is 11.8. The lowest BCUT2D eigenvalue weighted by Crippen LogP contribution is -2.49. The van der Waals surface area contributed by atoms with Gasteiger partial charge >= 0.3 is 0 Å². The Morgan fingerprint density at radius 3 is 2.96 bits per heavy atom. The first-order valence-corrected chi connectivity index (χ1v) is 8.38. The van der Waals surface area contributed by atoms with Gasteiger partial charge in [-0.2, -0.15) is 0 Å². The van der Waals surface area contributed by atoms with E-state index in [0.29, 0.717) is 31.3 Å². The van der Waals surface area contributed by atoms with Crippen molar-refractivity contribution >= 4 is 35.0 Å². The van der Waals surface area contributed by atoms with Crippen LogP contribution in [0.1, 0.15) is 16.8 Å². The van der Waals surface area contributed by atoms with E-state index in [2.05, 4.69) is 5.32 Å². The highest BCUT2D eigenvalue weighted by Crippen LogP contribution is 2.20. The average Bonchev–Trinajstić information content (AvgIpc) is 2.59. The number of amides is 2. The number of benzene rings is 1. The number of methoxy groups -OCH3 is 1. The molecule has 0 aliphatic carbocycles. The molecule has 0 aromatic heterocycles. The number of nitrogens with zero attached hydrogens (tertiary/aromatic N) is 1. The predicted octanol–water partition coefficient (Wildman–Crippen LogP) is 1.99. The molecule has 132 valence electrons. The molecule has 0 saturated carbocycles. The number of ether oxygens (including phenoxy) is 2. The van der Waals surface area contributed by atoms with Crippen molar-refractivity contribution in [1.82, 2.24) is 10.2 Å². The Bertz CT molecular complexity index is 597. The van der Waals surface area contributed by atoms with Gasteiger partial charge in [0.15, 0.2) is 0 Å². The number of nitrogens with one attached hydrogen (secondary N) is 1. The number of morpholine rings is 1. The van der Waals surface area contributed by atoms with Crippen molar-refractivity contribution in [2.45, 2.75) is 12.5 Å². The van der Waals surface area contributed by atoms with E-state index >= 15 is 0 Å². The largest absolute Gasteiger partial charge is 0.385 e. The Labute approximate surface area is 151 Å². The first-order chi connectivity index (χ1) is 11.5. The maximum absolute atomic E-state index is 12.3. The summed E-state index contributed by atoms with van der Waals surface area (Å²) in [5.74, 6) is -0.591. The molecule has 1 aromatic carbocycles. The summed E-state index contributed by atoms with van der Waals surface area (Å²) in [6.07, 6.45) is 0.686. The smallest absolute Gasteiger partial charge is 0.253 e. The van der Waals surface area contributed by atoms with Crippen LogP contribution in [0.2, 0.25) is 10.0 Å². The highest BCUT2D eigenvalue weighted by atomic mass is 35.5. The van der Waals surface area contributed by atoms with Crippen molar-refractivity contribution in [3.8, 4) is 0 Å². The minimum atomic E-state index is -0.431. The molecule has 0 spiro atoms. The van der Waals surface area contributed by atoms with Crippen LogP contribution in [0.4, 0.5) is 0 Å². The number of hydrogen-bond donors (Lipinski definition) is 1. The molecule has 1 aromatic rings. The third kappa shape index (κ3) is 5.34. The fraction of sp³-hybridized carbons (Fsp3) is 0.500. The molecule has 6 nitrogen and oxygen atoms in total. The van der Waals surface area contributed by atoms with E-state index in [1.165, 1.54) is 6.07 Å². The van der Waals surface area contributed by atoms with Crippen LogP contribution in [0.25, 0.3) is 0 Å². The molecule has 2 rings (SSSR count). The van der Waals surface area contributed by atoms with Gasteiger partial charge in [-0.15, -0.1) is 0 Å². The lowest BCUT2D eigenvalue weighted by atomic mass is 10.2. The fourth-order valence-corrected chi connectivity index (χ4v) is 2.78. The molecule has 0 radical (unpaired) electrons. The lowest BCUT2D eigenvalue weighted by Gasteiger charge is -2.33. The van der Waals surface area contributed by atoms with Crippen molar-refractivity contribution in [1.29, 1.82) is 0 Å². The summed E-state index contributed by atoms with van der Waals surface area (Å²) < 4.78 is 10.6. The topological polar surface area (TPSA) is 67.9 Å². The molecule has 0 bridgehead atoms. The molecule has 1 aliphatic heterocycles. The van der Waals surface area contributed by atoms with Gasteiger partial charge < -0.3 is 19.7 Å². The number of carbonyl (C=O) groups excluding carboxylic acids is 2.